The molecular weight excluding hydrogens is 234 g/mol. The van der Waals surface area contributed by atoms with Gasteiger partial charge in [0.05, 0.1) is 5.75 Å². The van der Waals surface area contributed by atoms with E-state index in [4.69, 9.17) is 12.2 Å². The number of aryl methyl sites for hydroxylation is 1. The topological polar surface area (TPSA) is 67.8 Å². The van der Waals surface area contributed by atoms with Crippen LogP contribution in [0.25, 0.3) is 0 Å². The van der Waals surface area contributed by atoms with Gasteiger partial charge in [-0.05, 0) is 18.6 Å². The predicted molar refractivity (Wildman–Crippen MR) is 61.1 cm³/mol. The second kappa shape index (κ2) is 4.89. The lowest BCUT2D eigenvalue weighted by Crippen LogP contribution is -2.09. The summed E-state index contributed by atoms with van der Waals surface area (Å²) in [5.74, 6) is 1.05. The molecule has 1 heterocycles. The minimum atomic E-state index is -2.89. The molecular formula is C8H15N3O2S2. The minimum Gasteiger partial charge on any atom is -0.304 e. The number of rotatable bonds is 5. The molecule has 0 saturated heterocycles. The molecule has 1 aromatic rings. The molecule has 86 valence electrons. The summed E-state index contributed by atoms with van der Waals surface area (Å²) < 4.78 is 24.3. The van der Waals surface area contributed by atoms with Crippen LogP contribution in [0.3, 0.4) is 0 Å². The maximum atomic E-state index is 10.9. The van der Waals surface area contributed by atoms with Gasteiger partial charge in [0, 0.05) is 19.2 Å². The van der Waals surface area contributed by atoms with Crippen molar-refractivity contribution in [2.75, 3.05) is 12.0 Å². The summed E-state index contributed by atoms with van der Waals surface area (Å²) in [5.41, 5.74) is 0. The number of hydrogen-bond donors (Lipinski definition) is 1. The molecule has 0 aliphatic rings. The Balaban J connectivity index is 2.65. The first-order valence-corrected chi connectivity index (χ1v) is 7.22. The average molecular weight is 249 g/mol. The van der Waals surface area contributed by atoms with Gasteiger partial charge in [-0.25, -0.2) is 8.42 Å². The van der Waals surface area contributed by atoms with Gasteiger partial charge < -0.3 is 4.57 Å². The summed E-state index contributed by atoms with van der Waals surface area (Å²) in [6.07, 6.45) is 2.59. The van der Waals surface area contributed by atoms with E-state index >= 15 is 0 Å². The summed E-state index contributed by atoms with van der Waals surface area (Å²) in [7, 11) is -2.89. The van der Waals surface area contributed by atoms with Crippen LogP contribution in [0.2, 0.25) is 0 Å². The van der Waals surface area contributed by atoms with Crippen molar-refractivity contribution in [3.63, 3.8) is 0 Å². The number of nitrogens with zero attached hydrogens (tertiary/aromatic N) is 2. The van der Waals surface area contributed by atoms with Crippen LogP contribution in [0.5, 0.6) is 0 Å². The molecule has 0 atom stereocenters. The smallest absolute Gasteiger partial charge is 0.195 e. The maximum absolute atomic E-state index is 10.9. The van der Waals surface area contributed by atoms with E-state index in [-0.39, 0.29) is 5.75 Å². The van der Waals surface area contributed by atoms with Crippen molar-refractivity contribution in [2.45, 2.75) is 26.3 Å². The highest BCUT2D eigenvalue weighted by atomic mass is 32.2. The van der Waals surface area contributed by atoms with Gasteiger partial charge in [0.2, 0.25) is 0 Å². The molecule has 0 spiro atoms. The zero-order valence-corrected chi connectivity index (χ0v) is 10.5. The van der Waals surface area contributed by atoms with Gasteiger partial charge in [0.25, 0.3) is 0 Å². The fraction of sp³-hybridized carbons (Fsp3) is 0.750. The Hall–Kier alpha value is -0.690. The van der Waals surface area contributed by atoms with Crippen molar-refractivity contribution in [3.8, 4) is 0 Å². The zero-order valence-electron chi connectivity index (χ0n) is 8.86. The van der Waals surface area contributed by atoms with E-state index in [1.807, 2.05) is 11.5 Å². The number of aromatic nitrogens is 3. The first kappa shape index (κ1) is 12.4. The Labute approximate surface area is 94.4 Å². The Morgan fingerprint density at radius 3 is 2.73 bits per heavy atom. The lowest BCUT2D eigenvalue weighted by molar-refractivity contribution is 0.586. The third-order valence-electron chi connectivity index (χ3n) is 2.05. The molecule has 0 radical (unpaired) electrons. The molecule has 0 fully saturated rings. The molecule has 0 amide bonds. The van der Waals surface area contributed by atoms with E-state index in [9.17, 15) is 8.42 Å². The zero-order chi connectivity index (χ0) is 11.5. The molecule has 1 rings (SSSR count). The monoisotopic (exact) mass is 249 g/mol. The first-order chi connectivity index (χ1) is 6.94. The average Bonchev–Trinajstić information content (AvgIpc) is 2.46. The predicted octanol–water partition coefficient (Wildman–Crippen LogP) is 0.938. The van der Waals surface area contributed by atoms with E-state index in [0.29, 0.717) is 17.7 Å². The second-order valence-corrected chi connectivity index (χ2v) is 6.08. The highest BCUT2D eigenvalue weighted by Gasteiger charge is 2.06. The molecule has 0 saturated carbocycles. The van der Waals surface area contributed by atoms with Crippen LogP contribution in [0, 0.1) is 4.77 Å². The van der Waals surface area contributed by atoms with Crippen molar-refractivity contribution in [2.24, 2.45) is 0 Å². The van der Waals surface area contributed by atoms with Crippen LogP contribution in [-0.4, -0.2) is 35.2 Å². The fourth-order valence-electron chi connectivity index (χ4n) is 1.34. The van der Waals surface area contributed by atoms with Crippen LogP contribution in [0.4, 0.5) is 0 Å². The molecule has 0 bridgehead atoms. The van der Waals surface area contributed by atoms with Crippen LogP contribution >= 0.6 is 12.2 Å². The molecule has 0 aromatic carbocycles. The summed E-state index contributed by atoms with van der Waals surface area (Å²) in [5, 5.41) is 6.75. The molecule has 0 aliphatic heterocycles. The van der Waals surface area contributed by atoms with Crippen LogP contribution in [0.15, 0.2) is 0 Å². The molecule has 5 nitrogen and oxygen atoms in total. The van der Waals surface area contributed by atoms with Crippen LogP contribution in [-0.2, 0) is 22.8 Å². The van der Waals surface area contributed by atoms with Crippen molar-refractivity contribution < 1.29 is 8.42 Å². The highest BCUT2D eigenvalue weighted by Crippen LogP contribution is 2.01. The largest absolute Gasteiger partial charge is 0.304 e. The van der Waals surface area contributed by atoms with Crippen molar-refractivity contribution in [1.29, 1.82) is 0 Å². The van der Waals surface area contributed by atoms with Gasteiger partial charge >= 0.3 is 0 Å². The van der Waals surface area contributed by atoms with Gasteiger partial charge in [-0.3, -0.25) is 5.10 Å². The van der Waals surface area contributed by atoms with E-state index in [2.05, 4.69) is 10.2 Å². The summed E-state index contributed by atoms with van der Waals surface area (Å²) in [4.78, 5) is 0. The number of nitrogens with one attached hydrogen (secondary N) is 1. The molecule has 7 heteroatoms. The number of sulfone groups is 1. The normalized spacial score (nSPS) is 11.9. The number of aromatic amines is 1. The van der Waals surface area contributed by atoms with E-state index in [0.717, 1.165) is 12.2 Å². The third kappa shape index (κ3) is 3.75. The summed E-state index contributed by atoms with van der Waals surface area (Å²) >= 11 is 5.04. The molecule has 1 N–H and O–H groups in total. The molecule has 0 aliphatic carbocycles. The van der Waals surface area contributed by atoms with Gasteiger partial charge in [0.1, 0.15) is 15.7 Å². The first-order valence-electron chi connectivity index (χ1n) is 4.76. The molecule has 15 heavy (non-hydrogen) atoms. The van der Waals surface area contributed by atoms with Crippen molar-refractivity contribution >= 4 is 22.1 Å². The lowest BCUT2D eigenvalue weighted by atomic mass is 10.4. The third-order valence-corrected chi connectivity index (χ3v) is 3.39. The highest BCUT2D eigenvalue weighted by molar-refractivity contribution is 7.90. The Kier molecular flexibility index (Phi) is 4.04. The van der Waals surface area contributed by atoms with Crippen LogP contribution < -0.4 is 0 Å². The van der Waals surface area contributed by atoms with Crippen molar-refractivity contribution in [1.82, 2.24) is 14.8 Å². The van der Waals surface area contributed by atoms with Gasteiger partial charge in [-0.1, -0.05) is 6.92 Å². The van der Waals surface area contributed by atoms with Gasteiger partial charge in [-0.2, -0.15) is 5.10 Å². The quantitative estimate of drug-likeness (QED) is 0.789. The second-order valence-electron chi connectivity index (χ2n) is 3.43. The van der Waals surface area contributed by atoms with E-state index in [1.165, 1.54) is 6.26 Å². The SMILES string of the molecule is CCc1n[nH]c(=S)n1CCCS(C)(=O)=O. The fourth-order valence-corrected chi connectivity index (χ4v) is 2.23. The standard InChI is InChI=1S/C8H15N3O2S2/c1-3-7-9-10-8(14)11(7)5-4-6-15(2,12)13/h3-6H2,1-2H3,(H,10,14). The van der Waals surface area contributed by atoms with Gasteiger partial charge in [0.15, 0.2) is 4.77 Å². The number of H-pyrrole nitrogens is 1. The van der Waals surface area contributed by atoms with Crippen LogP contribution in [0.1, 0.15) is 19.2 Å². The van der Waals surface area contributed by atoms with E-state index in [1.54, 1.807) is 0 Å². The Bertz CT molecular complexity index is 472. The Morgan fingerprint density at radius 2 is 2.20 bits per heavy atom. The van der Waals surface area contributed by atoms with Gasteiger partial charge in [-0.15, -0.1) is 0 Å². The van der Waals surface area contributed by atoms with E-state index < -0.39 is 9.84 Å². The summed E-state index contributed by atoms with van der Waals surface area (Å²) in [6, 6.07) is 0. The lowest BCUT2D eigenvalue weighted by Gasteiger charge is -2.04. The maximum Gasteiger partial charge on any atom is 0.195 e. The number of hydrogen-bond acceptors (Lipinski definition) is 4. The molecule has 0 unspecified atom stereocenters. The van der Waals surface area contributed by atoms with Crippen molar-refractivity contribution in [3.05, 3.63) is 10.6 Å². The Morgan fingerprint density at radius 1 is 1.53 bits per heavy atom. The molecule has 1 aromatic heterocycles. The summed E-state index contributed by atoms with van der Waals surface area (Å²) in [6.45, 7) is 2.59. The minimum absolute atomic E-state index is 0.184.